The molecule has 1 aliphatic carbocycles. The number of nitrogens with zero attached hydrogens (tertiary/aromatic N) is 2. The van der Waals surface area contributed by atoms with Crippen LogP contribution in [0.3, 0.4) is 0 Å². The number of piperidine rings is 1. The maximum atomic E-state index is 6.18. The Balaban J connectivity index is 1.19. The third kappa shape index (κ3) is 4.89. The van der Waals surface area contributed by atoms with Crippen molar-refractivity contribution >= 4 is 5.96 Å². The van der Waals surface area contributed by atoms with Gasteiger partial charge in [0.1, 0.15) is 0 Å². The van der Waals surface area contributed by atoms with Gasteiger partial charge in [0, 0.05) is 25.7 Å². The van der Waals surface area contributed by atoms with Gasteiger partial charge in [-0.3, -0.25) is 9.89 Å². The molecule has 142 valence electrons. The second-order valence-corrected chi connectivity index (χ2v) is 7.93. The summed E-state index contributed by atoms with van der Waals surface area (Å²) in [6, 6.07) is 22.3. The summed E-state index contributed by atoms with van der Waals surface area (Å²) in [4.78, 5) is 7.27. The van der Waals surface area contributed by atoms with E-state index < -0.39 is 0 Å². The summed E-state index contributed by atoms with van der Waals surface area (Å²) < 4.78 is 0. The average molecular weight is 363 g/mol. The molecule has 0 bridgehead atoms. The van der Waals surface area contributed by atoms with Crippen LogP contribution in [0.15, 0.2) is 65.7 Å². The van der Waals surface area contributed by atoms with E-state index in [9.17, 15) is 0 Å². The van der Waals surface area contributed by atoms with Crippen LogP contribution in [0, 0.1) is 0 Å². The molecule has 4 heteroatoms. The van der Waals surface area contributed by atoms with Crippen LogP contribution in [0.2, 0.25) is 0 Å². The van der Waals surface area contributed by atoms with E-state index in [4.69, 9.17) is 10.7 Å². The smallest absolute Gasteiger partial charge is 0.189 e. The lowest BCUT2D eigenvalue weighted by atomic mass is 9.76. The molecule has 4 rings (SSSR count). The largest absolute Gasteiger partial charge is 0.370 e. The second kappa shape index (κ2) is 8.57. The van der Waals surface area contributed by atoms with Gasteiger partial charge in [0.2, 0.25) is 0 Å². The normalized spacial score (nSPS) is 24.4. The summed E-state index contributed by atoms with van der Waals surface area (Å²) in [6.45, 7) is 3.22. The summed E-state index contributed by atoms with van der Waals surface area (Å²) in [5.74, 6) is 1.30. The number of rotatable bonds is 5. The molecular formula is C23H30N4. The van der Waals surface area contributed by atoms with Gasteiger partial charge in [0.05, 0.1) is 6.04 Å². The van der Waals surface area contributed by atoms with Crippen molar-refractivity contribution in [1.82, 2.24) is 10.2 Å². The molecule has 2 aromatic rings. The Hall–Kier alpha value is -2.33. The maximum absolute atomic E-state index is 6.18. The maximum Gasteiger partial charge on any atom is 0.189 e. The van der Waals surface area contributed by atoms with Crippen molar-refractivity contribution in [1.29, 1.82) is 0 Å². The van der Waals surface area contributed by atoms with Crippen LogP contribution >= 0.6 is 0 Å². The Morgan fingerprint density at radius 3 is 2.26 bits per heavy atom. The molecule has 0 unspecified atom stereocenters. The lowest BCUT2D eigenvalue weighted by Crippen LogP contribution is -2.47. The lowest BCUT2D eigenvalue weighted by molar-refractivity contribution is 0.206. The quantitative estimate of drug-likeness (QED) is 0.632. The van der Waals surface area contributed by atoms with Crippen LogP contribution in [0.5, 0.6) is 0 Å². The number of hydrogen-bond donors (Lipinski definition) is 2. The highest BCUT2D eigenvalue weighted by Crippen LogP contribution is 2.36. The Morgan fingerprint density at radius 2 is 1.59 bits per heavy atom. The van der Waals surface area contributed by atoms with Gasteiger partial charge in [-0.25, -0.2) is 0 Å². The van der Waals surface area contributed by atoms with Gasteiger partial charge in [-0.2, -0.15) is 0 Å². The second-order valence-electron chi connectivity index (χ2n) is 7.93. The zero-order valence-electron chi connectivity index (χ0n) is 15.9. The molecule has 2 fully saturated rings. The fourth-order valence-electron chi connectivity index (χ4n) is 4.22. The zero-order valence-corrected chi connectivity index (χ0v) is 15.9. The molecule has 0 aromatic heterocycles. The van der Waals surface area contributed by atoms with Crippen LogP contribution in [-0.4, -0.2) is 36.0 Å². The van der Waals surface area contributed by atoms with Gasteiger partial charge >= 0.3 is 0 Å². The fraction of sp³-hybridized carbons (Fsp3) is 0.435. The first-order chi connectivity index (χ1) is 13.3. The molecule has 0 amide bonds. The monoisotopic (exact) mass is 362 g/mol. The van der Waals surface area contributed by atoms with E-state index in [0.717, 1.165) is 45.3 Å². The third-order valence-electron chi connectivity index (χ3n) is 5.89. The highest BCUT2D eigenvalue weighted by molar-refractivity contribution is 5.78. The van der Waals surface area contributed by atoms with Crippen LogP contribution in [-0.2, 0) is 6.54 Å². The molecule has 0 atom stereocenters. The summed E-state index contributed by atoms with van der Waals surface area (Å²) in [7, 11) is 0. The summed E-state index contributed by atoms with van der Waals surface area (Å²) in [5.41, 5.74) is 9.01. The Morgan fingerprint density at radius 1 is 0.963 bits per heavy atom. The summed E-state index contributed by atoms with van der Waals surface area (Å²) in [6.07, 6.45) is 4.48. The lowest BCUT2D eigenvalue weighted by Gasteiger charge is -2.37. The molecule has 2 aromatic carbocycles. The SMILES string of the molecule is NC(=NC1CCN(Cc2ccccc2)CC1)NC1CC(c2ccccc2)C1. The number of benzene rings is 2. The van der Waals surface area contributed by atoms with E-state index in [0.29, 0.717) is 24.0 Å². The van der Waals surface area contributed by atoms with Gasteiger partial charge in [0.25, 0.3) is 0 Å². The van der Waals surface area contributed by atoms with E-state index in [2.05, 4.69) is 70.9 Å². The zero-order chi connectivity index (χ0) is 18.5. The first kappa shape index (κ1) is 18.1. The number of likely N-dealkylation sites (tertiary alicyclic amines) is 1. The molecule has 27 heavy (non-hydrogen) atoms. The molecule has 0 radical (unpaired) electrons. The molecule has 1 saturated heterocycles. The minimum Gasteiger partial charge on any atom is -0.370 e. The van der Waals surface area contributed by atoms with Crippen molar-refractivity contribution in [3.63, 3.8) is 0 Å². The average Bonchev–Trinajstić information content (AvgIpc) is 2.67. The number of nitrogens with one attached hydrogen (secondary N) is 1. The van der Waals surface area contributed by atoms with Crippen LogP contribution in [0.4, 0.5) is 0 Å². The van der Waals surface area contributed by atoms with Gasteiger partial charge in [-0.15, -0.1) is 0 Å². The van der Waals surface area contributed by atoms with Crippen molar-refractivity contribution in [2.75, 3.05) is 13.1 Å². The molecule has 2 aliphatic rings. The molecule has 1 aliphatic heterocycles. The van der Waals surface area contributed by atoms with E-state index in [-0.39, 0.29) is 0 Å². The van der Waals surface area contributed by atoms with Crippen molar-refractivity contribution in [3.8, 4) is 0 Å². The minimum atomic E-state index is 0.356. The molecule has 3 N–H and O–H groups in total. The van der Waals surface area contributed by atoms with E-state index in [1.807, 2.05) is 0 Å². The number of nitrogens with two attached hydrogens (primary N) is 1. The van der Waals surface area contributed by atoms with Crippen molar-refractivity contribution in [2.24, 2.45) is 10.7 Å². The topological polar surface area (TPSA) is 53.6 Å². The van der Waals surface area contributed by atoms with Gasteiger partial charge in [-0.1, -0.05) is 60.7 Å². The number of hydrogen-bond acceptors (Lipinski definition) is 2. The molecule has 1 heterocycles. The predicted molar refractivity (Wildman–Crippen MR) is 112 cm³/mol. The minimum absolute atomic E-state index is 0.356. The van der Waals surface area contributed by atoms with Crippen molar-refractivity contribution < 1.29 is 0 Å². The Kier molecular flexibility index (Phi) is 5.73. The van der Waals surface area contributed by atoms with Crippen LogP contribution < -0.4 is 11.1 Å². The Bertz CT molecular complexity index is 729. The van der Waals surface area contributed by atoms with E-state index in [1.54, 1.807) is 0 Å². The molecule has 1 saturated carbocycles. The molecule has 0 spiro atoms. The van der Waals surface area contributed by atoms with Gasteiger partial charge in [0.15, 0.2) is 5.96 Å². The highest BCUT2D eigenvalue weighted by Gasteiger charge is 2.30. The van der Waals surface area contributed by atoms with Crippen molar-refractivity contribution in [3.05, 3.63) is 71.8 Å². The summed E-state index contributed by atoms with van der Waals surface area (Å²) >= 11 is 0. The van der Waals surface area contributed by atoms with E-state index in [1.165, 1.54) is 11.1 Å². The number of guanidine groups is 1. The molecule has 4 nitrogen and oxygen atoms in total. The van der Waals surface area contributed by atoms with E-state index >= 15 is 0 Å². The standard InChI is InChI=1S/C23H30N4/c24-23(26-22-15-20(16-22)19-9-5-2-6-10-19)25-21-11-13-27(14-12-21)17-18-7-3-1-4-8-18/h1-10,20-22H,11-17H2,(H3,24,25,26). The van der Waals surface area contributed by atoms with Crippen LogP contribution in [0.1, 0.15) is 42.7 Å². The first-order valence-corrected chi connectivity index (χ1v) is 10.2. The fourth-order valence-corrected chi connectivity index (χ4v) is 4.22. The number of aliphatic imine (C=N–C) groups is 1. The third-order valence-corrected chi connectivity index (χ3v) is 5.89. The predicted octanol–water partition coefficient (Wildman–Crippen LogP) is 3.50. The van der Waals surface area contributed by atoms with Crippen molar-refractivity contribution in [2.45, 2.75) is 50.2 Å². The van der Waals surface area contributed by atoms with Crippen LogP contribution in [0.25, 0.3) is 0 Å². The van der Waals surface area contributed by atoms with Gasteiger partial charge < -0.3 is 11.1 Å². The van der Waals surface area contributed by atoms with Gasteiger partial charge in [-0.05, 0) is 42.7 Å². The summed E-state index contributed by atoms with van der Waals surface area (Å²) in [5, 5.41) is 3.43. The first-order valence-electron chi connectivity index (χ1n) is 10.2. The highest BCUT2D eigenvalue weighted by atomic mass is 15.2. The molecular weight excluding hydrogens is 332 g/mol. The Labute approximate surface area is 162 Å².